The second kappa shape index (κ2) is 5.27. The molecule has 0 saturated heterocycles. The molecule has 30 heavy (non-hydrogen) atoms. The van der Waals surface area contributed by atoms with Crippen molar-refractivity contribution in [2.24, 2.45) is 0 Å². The monoisotopic (exact) mass is 394 g/mol. The second-order valence-corrected chi connectivity index (χ2v) is 7.72. The molecular formula is C23H14N4O3. The molecule has 2 aromatic carbocycles. The summed E-state index contributed by atoms with van der Waals surface area (Å²) in [7, 11) is 0. The third-order valence-electron chi connectivity index (χ3n) is 6.09. The molecule has 0 atom stereocenters. The lowest BCUT2D eigenvalue weighted by Gasteiger charge is -2.09. The molecule has 0 unspecified atom stereocenters. The van der Waals surface area contributed by atoms with E-state index in [1.165, 1.54) is 17.7 Å². The molecule has 5 heterocycles. The smallest absolute Gasteiger partial charge is 0.259 e. The first-order valence-corrected chi connectivity index (χ1v) is 9.77. The van der Waals surface area contributed by atoms with Crippen molar-refractivity contribution in [1.82, 2.24) is 19.7 Å². The molecule has 0 radical (unpaired) electrons. The van der Waals surface area contributed by atoms with Crippen LogP contribution < -0.4 is 11.0 Å². The Morgan fingerprint density at radius 3 is 2.93 bits per heavy atom. The van der Waals surface area contributed by atoms with E-state index in [2.05, 4.69) is 16.3 Å². The molecule has 6 aromatic rings. The van der Waals surface area contributed by atoms with Gasteiger partial charge in [0.25, 0.3) is 5.56 Å². The molecule has 0 amide bonds. The molecule has 144 valence electrons. The number of aromatic amines is 2. The van der Waals surface area contributed by atoms with Crippen LogP contribution in [-0.2, 0) is 13.0 Å². The van der Waals surface area contributed by atoms with Gasteiger partial charge >= 0.3 is 0 Å². The molecule has 7 rings (SSSR count). The first kappa shape index (κ1) is 15.8. The Morgan fingerprint density at radius 2 is 2.00 bits per heavy atom. The molecule has 1 aliphatic heterocycles. The SMILES string of the molecule is O=c1ccc2c(c1)oc1c(-c3cc4cccc5c4n(c3=O)CC5)c3c[nH][nH]c3nc12. The molecule has 2 N–H and O–H groups in total. The molecular weight excluding hydrogens is 380 g/mol. The van der Waals surface area contributed by atoms with E-state index in [9.17, 15) is 9.59 Å². The fraction of sp³-hybridized carbons (Fsp3) is 0.0870. The average Bonchev–Trinajstić information content (AvgIpc) is 3.46. The van der Waals surface area contributed by atoms with Gasteiger partial charge in [0.2, 0.25) is 0 Å². The highest BCUT2D eigenvalue weighted by atomic mass is 16.3. The summed E-state index contributed by atoms with van der Waals surface area (Å²) < 4.78 is 7.97. The summed E-state index contributed by atoms with van der Waals surface area (Å²) in [4.78, 5) is 30.1. The van der Waals surface area contributed by atoms with Gasteiger partial charge in [-0.05, 0) is 35.6 Å². The Kier molecular flexibility index (Phi) is 2.77. The third kappa shape index (κ3) is 1.86. The zero-order chi connectivity index (χ0) is 20.0. The Bertz CT molecular complexity index is 1800. The van der Waals surface area contributed by atoms with E-state index in [-0.39, 0.29) is 11.0 Å². The van der Waals surface area contributed by atoms with Crippen molar-refractivity contribution in [3.8, 4) is 11.1 Å². The summed E-state index contributed by atoms with van der Waals surface area (Å²) >= 11 is 0. The lowest BCUT2D eigenvalue weighted by atomic mass is 10.0. The number of nitrogens with one attached hydrogen (secondary N) is 2. The van der Waals surface area contributed by atoms with E-state index in [0.717, 1.165) is 28.1 Å². The Morgan fingerprint density at radius 1 is 1.07 bits per heavy atom. The van der Waals surface area contributed by atoms with E-state index in [0.29, 0.717) is 40.0 Å². The van der Waals surface area contributed by atoms with Crippen molar-refractivity contribution < 1.29 is 4.42 Å². The topological polar surface area (TPSA) is 96.7 Å². The van der Waals surface area contributed by atoms with Crippen LogP contribution in [-0.4, -0.2) is 19.7 Å². The van der Waals surface area contributed by atoms with Gasteiger partial charge in [-0.15, -0.1) is 0 Å². The molecule has 0 bridgehead atoms. The first-order chi connectivity index (χ1) is 14.7. The number of hydrogen-bond donors (Lipinski definition) is 2. The third-order valence-corrected chi connectivity index (χ3v) is 6.09. The highest BCUT2D eigenvalue weighted by Crippen LogP contribution is 2.38. The lowest BCUT2D eigenvalue weighted by Crippen LogP contribution is -2.20. The van der Waals surface area contributed by atoms with Crippen molar-refractivity contribution in [3.05, 3.63) is 74.8 Å². The summed E-state index contributed by atoms with van der Waals surface area (Å²) in [5, 5.41) is 8.55. The largest absolute Gasteiger partial charge is 0.454 e. The fourth-order valence-electron chi connectivity index (χ4n) is 4.78. The van der Waals surface area contributed by atoms with Crippen LogP contribution in [0.1, 0.15) is 5.56 Å². The minimum absolute atomic E-state index is 0.0487. The standard InChI is InChI=1S/C23H14N4O3/c28-13-4-5-14-17(9-13)30-21-18(16-10-24-26-22(16)25-19(14)21)15-8-12-3-1-2-11-6-7-27(20(11)12)23(15)29/h1-5,8-10H,6-7H2,(H2,24,25,26). The Labute approximate surface area is 167 Å². The number of pyridine rings is 2. The Balaban J connectivity index is 1.71. The van der Waals surface area contributed by atoms with Crippen LogP contribution in [0.2, 0.25) is 0 Å². The number of rotatable bonds is 1. The second-order valence-electron chi connectivity index (χ2n) is 7.72. The van der Waals surface area contributed by atoms with Gasteiger partial charge in [-0.3, -0.25) is 14.7 Å². The number of H-pyrrole nitrogens is 2. The van der Waals surface area contributed by atoms with Crippen LogP contribution in [0.25, 0.3) is 55.1 Å². The Hall–Kier alpha value is -4.13. The van der Waals surface area contributed by atoms with Crippen molar-refractivity contribution in [2.45, 2.75) is 13.0 Å². The summed E-state index contributed by atoms with van der Waals surface area (Å²) in [5.74, 6) is 0. The van der Waals surface area contributed by atoms with Crippen LogP contribution in [0.5, 0.6) is 0 Å². The molecule has 7 heteroatoms. The predicted octanol–water partition coefficient (Wildman–Crippen LogP) is 3.69. The highest BCUT2D eigenvalue weighted by Gasteiger charge is 2.24. The number of benzene rings is 2. The number of hydrogen-bond acceptors (Lipinski definition) is 4. The molecule has 0 fully saturated rings. The molecule has 1 aliphatic rings. The van der Waals surface area contributed by atoms with Crippen molar-refractivity contribution in [1.29, 1.82) is 0 Å². The van der Waals surface area contributed by atoms with E-state index in [1.54, 1.807) is 12.3 Å². The average molecular weight is 394 g/mol. The van der Waals surface area contributed by atoms with Crippen LogP contribution in [0.3, 0.4) is 0 Å². The van der Waals surface area contributed by atoms with E-state index in [4.69, 9.17) is 9.40 Å². The van der Waals surface area contributed by atoms with Gasteiger partial charge in [0.05, 0.1) is 11.1 Å². The fourth-order valence-corrected chi connectivity index (χ4v) is 4.78. The van der Waals surface area contributed by atoms with Gasteiger partial charge in [-0.25, -0.2) is 4.98 Å². The number of furan rings is 1. The number of nitrogens with zero attached hydrogens (tertiary/aromatic N) is 2. The maximum atomic E-state index is 13.6. The molecule has 0 aliphatic carbocycles. The first-order valence-electron chi connectivity index (χ1n) is 9.77. The summed E-state index contributed by atoms with van der Waals surface area (Å²) in [6, 6.07) is 12.8. The van der Waals surface area contributed by atoms with Gasteiger partial charge < -0.3 is 14.1 Å². The van der Waals surface area contributed by atoms with Crippen molar-refractivity contribution in [2.75, 3.05) is 0 Å². The number of aromatic nitrogens is 4. The number of para-hydroxylation sites is 1. The number of aryl methyl sites for hydroxylation is 2. The van der Waals surface area contributed by atoms with Crippen LogP contribution in [0.4, 0.5) is 0 Å². The van der Waals surface area contributed by atoms with E-state index in [1.807, 2.05) is 22.8 Å². The lowest BCUT2D eigenvalue weighted by molar-refractivity contribution is 0.669. The van der Waals surface area contributed by atoms with Crippen molar-refractivity contribution >= 4 is 44.0 Å². The minimum Gasteiger partial charge on any atom is -0.454 e. The van der Waals surface area contributed by atoms with E-state index >= 15 is 0 Å². The zero-order valence-corrected chi connectivity index (χ0v) is 15.7. The summed E-state index contributed by atoms with van der Waals surface area (Å²) in [6.07, 6.45) is 2.64. The number of fused-ring (bicyclic) bond motifs is 4. The van der Waals surface area contributed by atoms with E-state index < -0.39 is 0 Å². The minimum atomic E-state index is -0.131. The van der Waals surface area contributed by atoms with Gasteiger partial charge in [0.1, 0.15) is 11.1 Å². The van der Waals surface area contributed by atoms with Gasteiger partial charge in [0.15, 0.2) is 16.7 Å². The molecule has 7 nitrogen and oxygen atoms in total. The molecule has 0 spiro atoms. The zero-order valence-electron chi connectivity index (χ0n) is 15.7. The predicted molar refractivity (Wildman–Crippen MR) is 115 cm³/mol. The van der Waals surface area contributed by atoms with Gasteiger partial charge in [-0.2, -0.15) is 0 Å². The molecule has 4 aromatic heterocycles. The summed E-state index contributed by atoms with van der Waals surface area (Å²) in [6.45, 7) is 0.665. The molecule has 0 saturated carbocycles. The van der Waals surface area contributed by atoms with Crippen LogP contribution in [0, 0.1) is 0 Å². The maximum absolute atomic E-state index is 13.6. The van der Waals surface area contributed by atoms with Gasteiger partial charge in [0, 0.05) is 35.1 Å². The van der Waals surface area contributed by atoms with Gasteiger partial charge in [-0.1, -0.05) is 18.2 Å². The van der Waals surface area contributed by atoms with Crippen LogP contribution in [0.15, 0.2) is 62.7 Å². The quantitative estimate of drug-likeness (QED) is 0.444. The van der Waals surface area contributed by atoms with Crippen molar-refractivity contribution in [3.63, 3.8) is 0 Å². The highest BCUT2D eigenvalue weighted by molar-refractivity contribution is 6.14. The maximum Gasteiger partial charge on any atom is 0.259 e. The normalized spacial score (nSPS) is 13.3. The summed E-state index contributed by atoms with van der Waals surface area (Å²) in [5.41, 5.74) is 5.50. The van der Waals surface area contributed by atoms with Crippen LogP contribution >= 0.6 is 0 Å².